The summed E-state index contributed by atoms with van der Waals surface area (Å²) < 4.78 is 36.3. The van der Waals surface area contributed by atoms with Crippen LogP contribution in [-0.2, 0) is 14.8 Å². The van der Waals surface area contributed by atoms with Crippen LogP contribution in [0.2, 0.25) is 0 Å². The quantitative estimate of drug-likeness (QED) is 0.827. The predicted molar refractivity (Wildman–Crippen MR) is 104 cm³/mol. The summed E-state index contributed by atoms with van der Waals surface area (Å²) >= 11 is 0. The summed E-state index contributed by atoms with van der Waals surface area (Å²) in [6.07, 6.45) is 6.20. The van der Waals surface area contributed by atoms with Gasteiger partial charge in [0.05, 0.1) is 32.1 Å². The highest BCUT2D eigenvalue weighted by atomic mass is 32.2. The highest BCUT2D eigenvalue weighted by molar-refractivity contribution is 7.88. The lowest BCUT2D eigenvalue weighted by molar-refractivity contribution is -0.123. The van der Waals surface area contributed by atoms with Gasteiger partial charge in [0.2, 0.25) is 15.9 Å². The maximum Gasteiger partial charge on any atom is 0.229 e. The van der Waals surface area contributed by atoms with Gasteiger partial charge in [0, 0.05) is 19.2 Å². The van der Waals surface area contributed by atoms with Crippen molar-refractivity contribution in [2.75, 3.05) is 38.9 Å². The molecule has 3 rings (SSSR count). The number of anilines is 1. The van der Waals surface area contributed by atoms with Gasteiger partial charge in [0.25, 0.3) is 0 Å². The Labute approximate surface area is 161 Å². The normalized spacial score (nSPS) is 22.6. The number of nitrogens with one attached hydrogen (secondary N) is 1. The minimum atomic E-state index is -3.33. The smallest absolute Gasteiger partial charge is 0.229 e. The van der Waals surface area contributed by atoms with Crippen LogP contribution in [0.1, 0.15) is 32.1 Å². The Bertz CT molecular complexity index is 802. The second kappa shape index (κ2) is 7.67. The average molecular weight is 397 g/mol. The van der Waals surface area contributed by atoms with Crippen LogP contribution in [0, 0.1) is 11.3 Å². The van der Waals surface area contributed by atoms with Crippen molar-refractivity contribution < 1.29 is 22.7 Å². The predicted octanol–water partition coefficient (Wildman–Crippen LogP) is 2.48. The number of hydrogen-bond acceptors (Lipinski definition) is 5. The van der Waals surface area contributed by atoms with Crippen molar-refractivity contribution in [3.8, 4) is 11.5 Å². The molecule has 150 valence electrons. The van der Waals surface area contributed by atoms with Gasteiger partial charge >= 0.3 is 0 Å². The number of carbonyl (C=O) groups excluding carboxylic acids is 1. The second-order valence-corrected chi connectivity index (χ2v) is 9.57. The van der Waals surface area contributed by atoms with Crippen molar-refractivity contribution in [3.05, 3.63) is 18.2 Å². The number of benzene rings is 1. The molecule has 8 heteroatoms. The Balaban J connectivity index is 1.85. The molecule has 2 fully saturated rings. The standard InChI is InChI=1S/C19H28N2O5S/c1-25-14-7-8-16(17(11-14)26-2)20-18(22)15-12-21(27(3,23)24)13-19(15)9-5-4-6-10-19/h7-8,11,15H,4-6,9-10,12-13H2,1-3H3,(H,20,22)/t15-/m1/s1. The fourth-order valence-electron chi connectivity index (χ4n) is 4.42. The maximum absolute atomic E-state index is 13.2. The van der Waals surface area contributed by atoms with Gasteiger partial charge in [-0.3, -0.25) is 4.79 Å². The van der Waals surface area contributed by atoms with Crippen molar-refractivity contribution in [1.82, 2.24) is 4.31 Å². The zero-order chi connectivity index (χ0) is 19.7. The van der Waals surface area contributed by atoms with Crippen LogP contribution in [0.4, 0.5) is 5.69 Å². The summed E-state index contributed by atoms with van der Waals surface area (Å²) in [4.78, 5) is 13.2. The van der Waals surface area contributed by atoms with Gasteiger partial charge in [0.1, 0.15) is 11.5 Å². The summed E-state index contributed by atoms with van der Waals surface area (Å²) in [5.74, 6) is 0.641. The third kappa shape index (κ3) is 4.06. The molecule has 2 aliphatic rings. The van der Waals surface area contributed by atoms with Gasteiger partial charge < -0.3 is 14.8 Å². The van der Waals surface area contributed by atoms with Crippen molar-refractivity contribution in [2.45, 2.75) is 32.1 Å². The molecule has 1 atom stereocenters. The third-order valence-corrected chi connectivity index (χ3v) is 7.13. The molecule has 0 bridgehead atoms. The summed E-state index contributed by atoms with van der Waals surface area (Å²) in [6, 6.07) is 5.21. The second-order valence-electron chi connectivity index (χ2n) is 7.59. The molecule has 1 aromatic carbocycles. The van der Waals surface area contributed by atoms with Gasteiger partial charge in [-0.05, 0) is 30.4 Å². The molecule has 1 heterocycles. The van der Waals surface area contributed by atoms with Crippen molar-refractivity contribution in [1.29, 1.82) is 0 Å². The number of rotatable bonds is 5. The number of amides is 1. The van der Waals surface area contributed by atoms with Gasteiger partial charge in [0.15, 0.2) is 0 Å². The molecule has 1 amide bonds. The van der Waals surface area contributed by atoms with Gasteiger partial charge in [-0.25, -0.2) is 12.7 Å². The zero-order valence-electron chi connectivity index (χ0n) is 16.2. The highest BCUT2D eigenvalue weighted by Crippen LogP contribution is 2.48. The SMILES string of the molecule is COc1ccc(NC(=O)[C@H]2CN(S(C)(=O)=O)CC23CCCCC3)c(OC)c1. The van der Waals surface area contributed by atoms with Crippen molar-refractivity contribution in [2.24, 2.45) is 11.3 Å². The Morgan fingerprint density at radius 1 is 1.19 bits per heavy atom. The maximum atomic E-state index is 13.2. The van der Waals surface area contributed by atoms with Crippen LogP contribution in [0.25, 0.3) is 0 Å². The number of methoxy groups -OCH3 is 2. The van der Waals surface area contributed by atoms with E-state index in [1.807, 2.05) is 0 Å². The van der Waals surface area contributed by atoms with E-state index in [1.54, 1.807) is 25.3 Å². The molecule has 1 aliphatic heterocycles. The number of nitrogens with zero attached hydrogens (tertiary/aromatic N) is 1. The molecule has 0 radical (unpaired) electrons. The molecule has 1 aromatic rings. The van der Waals surface area contributed by atoms with E-state index < -0.39 is 10.0 Å². The summed E-state index contributed by atoms with van der Waals surface area (Å²) in [5.41, 5.74) is 0.289. The minimum absolute atomic E-state index is 0.147. The lowest BCUT2D eigenvalue weighted by Crippen LogP contribution is -2.39. The topological polar surface area (TPSA) is 84.9 Å². The van der Waals surface area contributed by atoms with Crippen LogP contribution in [-0.4, -0.2) is 52.2 Å². The average Bonchev–Trinajstić information content (AvgIpc) is 3.01. The molecule has 1 aliphatic carbocycles. The van der Waals surface area contributed by atoms with E-state index >= 15 is 0 Å². The molecular weight excluding hydrogens is 368 g/mol. The Hall–Kier alpha value is -1.80. The molecule has 27 heavy (non-hydrogen) atoms. The lowest BCUT2D eigenvalue weighted by atomic mass is 9.67. The van der Waals surface area contributed by atoms with Crippen LogP contribution < -0.4 is 14.8 Å². The van der Waals surface area contributed by atoms with Gasteiger partial charge in [-0.1, -0.05) is 19.3 Å². The van der Waals surface area contributed by atoms with E-state index in [1.165, 1.54) is 17.7 Å². The highest BCUT2D eigenvalue weighted by Gasteiger charge is 2.52. The van der Waals surface area contributed by atoms with E-state index in [2.05, 4.69) is 5.32 Å². The minimum Gasteiger partial charge on any atom is -0.497 e. The Kier molecular flexibility index (Phi) is 5.67. The van der Waals surface area contributed by atoms with Crippen LogP contribution in [0.3, 0.4) is 0 Å². The van der Waals surface area contributed by atoms with Crippen LogP contribution in [0.5, 0.6) is 11.5 Å². The van der Waals surface area contributed by atoms with E-state index in [4.69, 9.17) is 9.47 Å². The van der Waals surface area contributed by atoms with E-state index in [9.17, 15) is 13.2 Å². The van der Waals surface area contributed by atoms with Crippen molar-refractivity contribution >= 4 is 21.6 Å². The first-order chi connectivity index (χ1) is 12.8. The lowest BCUT2D eigenvalue weighted by Gasteiger charge is -2.37. The first-order valence-corrected chi connectivity index (χ1v) is 11.1. The first-order valence-electron chi connectivity index (χ1n) is 9.27. The fraction of sp³-hybridized carbons (Fsp3) is 0.632. The molecule has 1 saturated carbocycles. The summed E-state index contributed by atoms with van der Waals surface area (Å²) in [6.45, 7) is 0.673. The number of carbonyl (C=O) groups is 1. The van der Waals surface area contributed by atoms with Crippen LogP contribution >= 0.6 is 0 Å². The Morgan fingerprint density at radius 2 is 1.89 bits per heavy atom. The number of sulfonamides is 1. The zero-order valence-corrected chi connectivity index (χ0v) is 17.0. The largest absolute Gasteiger partial charge is 0.497 e. The van der Waals surface area contributed by atoms with Crippen molar-refractivity contribution in [3.63, 3.8) is 0 Å². The van der Waals surface area contributed by atoms with Gasteiger partial charge in [-0.15, -0.1) is 0 Å². The number of hydrogen-bond donors (Lipinski definition) is 1. The molecule has 0 aromatic heterocycles. The molecule has 1 spiro atoms. The Morgan fingerprint density at radius 3 is 2.48 bits per heavy atom. The monoisotopic (exact) mass is 396 g/mol. The fourth-order valence-corrected chi connectivity index (χ4v) is 5.33. The van der Waals surface area contributed by atoms with Crippen LogP contribution in [0.15, 0.2) is 18.2 Å². The molecule has 1 saturated heterocycles. The number of ether oxygens (including phenoxy) is 2. The summed E-state index contributed by atoms with van der Waals surface area (Å²) in [7, 11) is -0.224. The van der Waals surface area contributed by atoms with Gasteiger partial charge in [-0.2, -0.15) is 0 Å². The third-order valence-electron chi connectivity index (χ3n) is 5.92. The first kappa shape index (κ1) is 19.9. The molecular formula is C19H28N2O5S. The van der Waals surface area contributed by atoms with E-state index in [0.29, 0.717) is 23.7 Å². The van der Waals surface area contributed by atoms with E-state index in [0.717, 1.165) is 32.1 Å². The molecule has 0 unspecified atom stereocenters. The van der Waals surface area contributed by atoms with E-state index in [-0.39, 0.29) is 23.8 Å². The molecule has 7 nitrogen and oxygen atoms in total. The molecule has 1 N–H and O–H groups in total. The summed E-state index contributed by atoms with van der Waals surface area (Å²) in [5, 5.41) is 2.96.